The van der Waals surface area contributed by atoms with Crippen molar-refractivity contribution < 1.29 is 33.6 Å². The van der Waals surface area contributed by atoms with Crippen LogP contribution in [0, 0.1) is 5.92 Å². The number of allylic oxidation sites excluding steroid dienone is 4. The van der Waals surface area contributed by atoms with Crippen LogP contribution in [0.4, 0.5) is 0 Å². The third kappa shape index (κ3) is 41.4. The molecule has 0 aliphatic rings. The first-order valence-corrected chi connectivity index (χ1v) is 25.2. The summed E-state index contributed by atoms with van der Waals surface area (Å²) < 4.78 is 23.5. The molecule has 0 amide bonds. The predicted molar refractivity (Wildman–Crippen MR) is 249 cm³/mol. The van der Waals surface area contributed by atoms with Gasteiger partial charge in [-0.25, -0.2) is 0 Å². The van der Waals surface area contributed by atoms with Crippen molar-refractivity contribution in [3.8, 4) is 0 Å². The van der Waals surface area contributed by atoms with Crippen LogP contribution < -0.4 is 0 Å². The van der Waals surface area contributed by atoms with Crippen molar-refractivity contribution in [1.29, 1.82) is 0 Å². The number of rotatable bonds is 47. The fraction of sp³-hybridized carbons (Fsp3) is 0.882. The van der Waals surface area contributed by atoms with Gasteiger partial charge in [-0.2, -0.15) is 0 Å². The van der Waals surface area contributed by atoms with Crippen LogP contribution in [-0.4, -0.2) is 80.9 Å². The number of aliphatic hydroxyl groups excluding tert-OH is 1. The van der Waals surface area contributed by atoms with Gasteiger partial charge in [0.15, 0.2) is 6.29 Å². The Labute approximate surface area is 365 Å². The second kappa shape index (κ2) is 47.3. The molecule has 1 unspecified atom stereocenters. The standard InChI is InChI=1S/C51H97NO7/c1-5-9-13-17-20-28-37-48(36-27-16-12-8-4)51(55)59-47-34-26-22-30-41-52(42-35-43-53)40-29-21-25-31-44-56-49(54)38-39-50(57-45-32-23-18-14-10-6-2)58-46-33-24-19-15-11-7-3/h10-11,14-15,48,50,53H,5-9,12-13,16-47H2,1-4H3/b14-10-,15-11-. The van der Waals surface area contributed by atoms with Gasteiger partial charge in [0.1, 0.15) is 0 Å². The molecule has 8 nitrogen and oxygen atoms in total. The van der Waals surface area contributed by atoms with E-state index in [1.165, 1.54) is 51.4 Å². The number of hydrogen-bond acceptors (Lipinski definition) is 8. The lowest BCUT2D eigenvalue weighted by Gasteiger charge is -2.22. The zero-order valence-electron chi connectivity index (χ0n) is 39.4. The Hall–Kier alpha value is -1.74. The Bertz CT molecular complexity index is 917. The molecule has 8 heteroatoms. The summed E-state index contributed by atoms with van der Waals surface area (Å²) in [6, 6.07) is 0. The largest absolute Gasteiger partial charge is 0.466 e. The van der Waals surface area contributed by atoms with Crippen molar-refractivity contribution in [3.63, 3.8) is 0 Å². The van der Waals surface area contributed by atoms with Crippen LogP contribution in [0.25, 0.3) is 0 Å². The first-order chi connectivity index (χ1) is 29.0. The zero-order valence-corrected chi connectivity index (χ0v) is 39.4. The van der Waals surface area contributed by atoms with Gasteiger partial charge < -0.3 is 29.0 Å². The van der Waals surface area contributed by atoms with Gasteiger partial charge in [0.25, 0.3) is 0 Å². The second-order valence-electron chi connectivity index (χ2n) is 16.7. The number of aliphatic hydroxyl groups is 1. The molecule has 0 saturated carbocycles. The quantitative estimate of drug-likeness (QED) is 0.0280. The van der Waals surface area contributed by atoms with E-state index in [-0.39, 0.29) is 30.8 Å². The van der Waals surface area contributed by atoms with Crippen molar-refractivity contribution in [2.45, 2.75) is 233 Å². The maximum absolute atomic E-state index is 13.0. The normalized spacial score (nSPS) is 12.5. The summed E-state index contributed by atoms with van der Waals surface area (Å²) in [5.74, 6) is -0.0549. The van der Waals surface area contributed by atoms with Crippen molar-refractivity contribution in [3.05, 3.63) is 24.3 Å². The monoisotopic (exact) mass is 836 g/mol. The van der Waals surface area contributed by atoms with E-state index >= 15 is 0 Å². The molecule has 0 aromatic rings. The Morgan fingerprint density at radius 3 is 1.49 bits per heavy atom. The molecule has 0 aromatic heterocycles. The van der Waals surface area contributed by atoms with Crippen molar-refractivity contribution >= 4 is 11.9 Å². The molecule has 59 heavy (non-hydrogen) atoms. The fourth-order valence-electron chi connectivity index (χ4n) is 7.31. The van der Waals surface area contributed by atoms with Crippen molar-refractivity contribution in [2.75, 3.05) is 52.7 Å². The molecule has 0 fully saturated rings. The molecule has 0 heterocycles. The summed E-state index contributed by atoms with van der Waals surface area (Å²) in [4.78, 5) is 28.0. The maximum Gasteiger partial charge on any atom is 0.308 e. The number of carbonyl (C=O) groups excluding carboxylic acids is 2. The molecule has 348 valence electrons. The molecule has 0 spiro atoms. The molecule has 0 radical (unpaired) electrons. The van der Waals surface area contributed by atoms with Crippen LogP contribution in [0.1, 0.15) is 227 Å². The molecule has 1 N–H and O–H groups in total. The van der Waals surface area contributed by atoms with Crippen LogP contribution in [-0.2, 0) is 28.5 Å². The first-order valence-electron chi connectivity index (χ1n) is 25.2. The highest BCUT2D eigenvalue weighted by atomic mass is 16.7. The third-order valence-corrected chi connectivity index (χ3v) is 11.0. The van der Waals surface area contributed by atoms with Gasteiger partial charge in [0.2, 0.25) is 0 Å². The molecule has 0 aliphatic carbocycles. The topological polar surface area (TPSA) is 94.5 Å². The number of hydrogen-bond donors (Lipinski definition) is 1. The van der Waals surface area contributed by atoms with Gasteiger partial charge >= 0.3 is 11.9 Å². The second-order valence-corrected chi connectivity index (χ2v) is 16.7. The molecule has 0 aromatic carbocycles. The van der Waals surface area contributed by atoms with Crippen LogP contribution >= 0.6 is 0 Å². The molecule has 0 saturated heterocycles. The van der Waals surface area contributed by atoms with E-state index in [4.69, 9.17) is 18.9 Å². The lowest BCUT2D eigenvalue weighted by atomic mass is 9.94. The summed E-state index contributed by atoms with van der Waals surface area (Å²) in [5, 5.41) is 9.45. The number of carbonyl (C=O) groups is 2. The predicted octanol–water partition coefficient (Wildman–Crippen LogP) is 13.6. The lowest BCUT2D eigenvalue weighted by molar-refractivity contribution is -0.159. The summed E-state index contributed by atoms with van der Waals surface area (Å²) in [6.45, 7) is 14.3. The fourth-order valence-corrected chi connectivity index (χ4v) is 7.31. The minimum absolute atomic E-state index is 0.0392. The average Bonchev–Trinajstić information content (AvgIpc) is 3.24. The number of ether oxygens (including phenoxy) is 4. The summed E-state index contributed by atoms with van der Waals surface area (Å²) in [6.07, 6.45) is 41.3. The average molecular weight is 836 g/mol. The van der Waals surface area contributed by atoms with E-state index in [2.05, 4.69) is 56.9 Å². The van der Waals surface area contributed by atoms with Gasteiger partial charge in [-0.1, -0.05) is 142 Å². The van der Waals surface area contributed by atoms with Crippen LogP contribution in [0.2, 0.25) is 0 Å². The highest BCUT2D eigenvalue weighted by molar-refractivity contribution is 5.72. The smallest absolute Gasteiger partial charge is 0.308 e. The Morgan fingerprint density at radius 1 is 0.492 bits per heavy atom. The highest BCUT2D eigenvalue weighted by Crippen LogP contribution is 2.21. The SMILES string of the molecule is CC/C=C\CCCCOC(CCC(=O)OCCCCCCN(CCCO)CCCCCCOC(=O)C(CCCCCC)CCCCCCCC)OCCCC/C=C\CC. The molecule has 0 bridgehead atoms. The number of nitrogens with zero attached hydrogens (tertiary/aromatic N) is 1. The van der Waals surface area contributed by atoms with Crippen LogP contribution in [0.3, 0.4) is 0 Å². The van der Waals surface area contributed by atoms with E-state index in [0.717, 1.165) is 154 Å². The minimum Gasteiger partial charge on any atom is -0.466 e. The highest BCUT2D eigenvalue weighted by Gasteiger charge is 2.19. The summed E-state index contributed by atoms with van der Waals surface area (Å²) >= 11 is 0. The van der Waals surface area contributed by atoms with Crippen LogP contribution in [0.5, 0.6) is 0 Å². The van der Waals surface area contributed by atoms with Gasteiger partial charge in [-0.15, -0.1) is 0 Å². The van der Waals surface area contributed by atoms with E-state index < -0.39 is 0 Å². The minimum atomic E-state index is -0.361. The van der Waals surface area contributed by atoms with Crippen molar-refractivity contribution in [2.24, 2.45) is 5.92 Å². The number of unbranched alkanes of at least 4 members (excludes halogenated alkanes) is 18. The summed E-state index contributed by atoms with van der Waals surface area (Å²) in [7, 11) is 0. The number of esters is 2. The zero-order chi connectivity index (χ0) is 43.1. The van der Waals surface area contributed by atoms with E-state index in [1.54, 1.807) is 0 Å². The van der Waals surface area contributed by atoms with Crippen LogP contribution in [0.15, 0.2) is 24.3 Å². The Balaban J connectivity index is 4.30. The molecule has 0 rings (SSSR count). The first kappa shape index (κ1) is 57.3. The van der Waals surface area contributed by atoms with E-state index in [1.807, 2.05) is 0 Å². The van der Waals surface area contributed by atoms with E-state index in [9.17, 15) is 14.7 Å². The third-order valence-electron chi connectivity index (χ3n) is 11.0. The Morgan fingerprint density at radius 2 is 0.949 bits per heavy atom. The van der Waals surface area contributed by atoms with Gasteiger partial charge in [0, 0.05) is 32.8 Å². The van der Waals surface area contributed by atoms with Crippen molar-refractivity contribution in [1.82, 2.24) is 4.90 Å². The van der Waals surface area contributed by atoms with E-state index in [0.29, 0.717) is 39.3 Å². The van der Waals surface area contributed by atoms with Gasteiger partial charge in [-0.05, 0) is 109 Å². The molecule has 1 atom stereocenters. The van der Waals surface area contributed by atoms with Gasteiger partial charge in [-0.3, -0.25) is 9.59 Å². The summed E-state index contributed by atoms with van der Waals surface area (Å²) in [5.41, 5.74) is 0. The molecular formula is C51H97NO7. The maximum atomic E-state index is 13.0. The molecule has 0 aliphatic heterocycles. The van der Waals surface area contributed by atoms with Gasteiger partial charge in [0.05, 0.1) is 25.6 Å². The Kier molecular flexibility index (Phi) is 45.9. The lowest BCUT2D eigenvalue weighted by Crippen LogP contribution is -2.28. The molecular weight excluding hydrogens is 739 g/mol.